The van der Waals surface area contributed by atoms with E-state index in [0.717, 1.165) is 36.1 Å². The average Bonchev–Trinajstić information content (AvgIpc) is 3.26. The van der Waals surface area contributed by atoms with Gasteiger partial charge in [-0.2, -0.15) is 0 Å². The van der Waals surface area contributed by atoms with Crippen LogP contribution >= 0.6 is 12.2 Å². The van der Waals surface area contributed by atoms with Gasteiger partial charge in [0.15, 0.2) is 0 Å². The number of anilines is 1. The maximum atomic E-state index is 5.78. The van der Waals surface area contributed by atoms with Crippen molar-refractivity contribution in [2.45, 2.75) is 12.8 Å². The maximum absolute atomic E-state index is 5.78. The highest BCUT2D eigenvalue weighted by Gasteiger charge is 2.21. The average molecular weight is 294 g/mol. The van der Waals surface area contributed by atoms with Crippen molar-refractivity contribution < 1.29 is 9.47 Å². The second kappa shape index (κ2) is 6.90. The standard InChI is InChI=1S/C15H22N2O2S/c1-17(7-8-19-10-11-3-4-11)14-9-12(18-2)5-6-13(14)15(16)20/h5-6,9,11H,3-4,7-8,10H2,1-2H3,(H2,16,20). The van der Waals surface area contributed by atoms with Gasteiger partial charge in [0.2, 0.25) is 0 Å². The predicted octanol–water partition coefficient (Wildman–Crippen LogP) is 2.19. The Hall–Kier alpha value is -1.33. The number of hydrogen-bond donors (Lipinski definition) is 1. The van der Waals surface area contributed by atoms with Gasteiger partial charge in [-0.15, -0.1) is 0 Å². The summed E-state index contributed by atoms with van der Waals surface area (Å²) in [6.07, 6.45) is 2.63. The monoisotopic (exact) mass is 294 g/mol. The van der Waals surface area contributed by atoms with Crippen molar-refractivity contribution in [3.63, 3.8) is 0 Å². The highest BCUT2D eigenvalue weighted by Crippen LogP contribution is 2.29. The van der Waals surface area contributed by atoms with E-state index in [9.17, 15) is 0 Å². The fourth-order valence-corrected chi connectivity index (χ4v) is 2.19. The summed E-state index contributed by atoms with van der Waals surface area (Å²) in [6.45, 7) is 2.39. The lowest BCUT2D eigenvalue weighted by Gasteiger charge is -2.22. The van der Waals surface area contributed by atoms with Gasteiger partial charge in [0.1, 0.15) is 10.7 Å². The minimum Gasteiger partial charge on any atom is -0.497 e. The van der Waals surface area contributed by atoms with Crippen LogP contribution in [0.15, 0.2) is 18.2 Å². The fourth-order valence-electron chi connectivity index (χ4n) is 2.02. The molecule has 0 radical (unpaired) electrons. The normalized spacial score (nSPS) is 14.1. The van der Waals surface area contributed by atoms with Crippen LogP contribution in [0, 0.1) is 5.92 Å². The van der Waals surface area contributed by atoms with E-state index in [0.29, 0.717) is 11.6 Å². The number of benzene rings is 1. The van der Waals surface area contributed by atoms with Crippen LogP contribution < -0.4 is 15.4 Å². The molecule has 110 valence electrons. The van der Waals surface area contributed by atoms with E-state index in [1.54, 1.807) is 7.11 Å². The number of likely N-dealkylation sites (N-methyl/N-ethyl adjacent to an activating group) is 1. The molecule has 0 aromatic heterocycles. The van der Waals surface area contributed by atoms with E-state index in [4.69, 9.17) is 27.4 Å². The zero-order valence-corrected chi connectivity index (χ0v) is 12.9. The Morgan fingerprint density at radius 2 is 2.20 bits per heavy atom. The van der Waals surface area contributed by atoms with Crippen LogP contribution in [0.3, 0.4) is 0 Å². The summed E-state index contributed by atoms with van der Waals surface area (Å²) in [5.74, 6) is 1.59. The zero-order chi connectivity index (χ0) is 14.5. The summed E-state index contributed by atoms with van der Waals surface area (Å²) in [5, 5.41) is 0. The van der Waals surface area contributed by atoms with Crippen LogP contribution in [-0.4, -0.2) is 38.9 Å². The Labute approximate surface area is 125 Å². The van der Waals surface area contributed by atoms with Crippen LogP contribution in [0.1, 0.15) is 18.4 Å². The van der Waals surface area contributed by atoms with Gasteiger partial charge in [-0.25, -0.2) is 0 Å². The molecule has 1 aliphatic rings. The number of hydrogen-bond acceptors (Lipinski definition) is 4. The number of nitrogens with zero attached hydrogens (tertiary/aromatic N) is 1. The quantitative estimate of drug-likeness (QED) is 0.588. The molecule has 4 nitrogen and oxygen atoms in total. The third-order valence-corrected chi connectivity index (χ3v) is 3.72. The van der Waals surface area contributed by atoms with Gasteiger partial charge in [0.25, 0.3) is 0 Å². The second-order valence-electron chi connectivity index (χ2n) is 5.19. The molecular formula is C15H22N2O2S. The summed E-state index contributed by atoms with van der Waals surface area (Å²) in [6, 6.07) is 5.73. The first-order chi connectivity index (χ1) is 9.61. The molecule has 0 unspecified atom stereocenters. The molecule has 5 heteroatoms. The molecule has 0 bridgehead atoms. The van der Waals surface area contributed by atoms with E-state index in [-0.39, 0.29) is 0 Å². The smallest absolute Gasteiger partial charge is 0.120 e. The van der Waals surface area contributed by atoms with Crippen molar-refractivity contribution in [2.75, 3.05) is 38.8 Å². The third kappa shape index (κ3) is 4.08. The maximum Gasteiger partial charge on any atom is 0.120 e. The zero-order valence-electron chi connectivity index (χ0n) is 12.1. The van der Waals surface area contributed by atoms with Gasteiger partial charge < -0.3 is 20.1 Å². The number of methoxy groups -OCH3 is 1. The topological polar surface area (TPSA) is 47.7 Å². The van der Waals surface area contributed by atoms with Crippen molar-refractivity contribution >= 4 is 22.9 Å². The number of ether oxygens (including phenoxy) is 2. The molecule has 0 heterocycles. The molecule has 0 saturated heterocycles. The molecule has 0 atom stereocenters. The molecule has 2 rings (SSSR count). The molecule has 1 aromatic rings. The van der Waals surface area contributed by atoms with E-state index in [1.165, 1.54) is 12.8 Å². The van der Waals surface area contributed by atoms with Gasteiger partial charge >= 0.3 is 0 Å². The lowest BCUT2D eigenvalue weighted by atomic mass is 10.1. The first-order valence-electron chi connectivity index (χ1n) is 6.88. The van der Waals surface area contributed by atoms with Gasteiger partial charge in [0.05, 0.1) is 19.4 Å². The highest BCUT2D eigenvalue weighted by atomic mass is 32.1. The first kappa shape index (κ1) is 15.1. The van der Waals surface area contributed by atoms with Gasteiger partial charge in [-0.05, 0) is 30.9 Å². The van der Waals surface area contributed by atoms with Crippen LogP contribution in [0.2, 0.25) is 0 Å². The third-order valence-electron chi connectivity index (χ3n) is 3.50. The summed E-state index contributed by atoms with van der Waals surface area (Å²) >= 11 is 5.11. The summed E-state index contributed by atoms with van der Waals surface area (Å²) in [7, 11) is 3.66. The van der Waals surface area contributed by atoms with E-state index in [2.05, 4.69) is 4.90 Å². The Bertz CT molecular complexity index is 475. The van der Waals surface area contributed by atoms with Crippen molar-refractivity contribution in [3.05, 3.63) is 23.8 Å². The second-order valence-corrected chi connectivity index (χ2v) is 5.63. The Morgan fingerprint density at radius 3 is 2.80 bits per heavy atom. The van der Waals surface area contributed by atoms with E-state index < -0.39 is 0 Å². The lowest BCUT2D eigenvalue weighted by Crippen LogP contribution is -2.26. The number of rotatable bonds is 8. The number of thiocarbonyl (C=S) groups is 1. The Kier molecular flexibility index (Phi) is 5.20. The molecular weight excluding hydrogens is 272 g/mol. The van der Waals surface area contributed by atoms with Crippen molar-refractivity contribution in [1.29, 1.82) is 0 Å². The van der Waals surface area contributed by atoms with Crippen LogP contribution in [0.5, 0.6) is 5.75 Å². The van der Waals surface area contributed by atoms with Gasteiger partial charge in [-0.1, -0.05) is 12.2 Å². The SMILES string of the molecule is COc1ccc(C(N)=S)c(N(C)CCOCC2CC2)c1. The molecule has 2 N–H and O–H groups in total. The minimum absolute atomic E-state index is 0.397. The van der Waals surface area contributed by atoms with E-state index in [1.807, 2.05) is 25.2 Å². The van der Waals surface area contributed by atoms with Crippen LogP contribution in [-0.2, 0) is 4.74 Å². The molecule has 20 heavy (non-hydrogen) atoms. The largest absolute Gasteiger partial charge is 0.497 e. The molecule has 0 aliphatic heterocycles. The number of nitrogens with two attached hydrogens (primary N) is 1. The van der Waals surface area contributed by atoms with Crippen LogP contribution in [0.4, 0.5) is 5.69 Å². The first-order valence-corrected chi connectivity index (χ1v) is 7.29. The predicted molar refractivity (Wildman–Crippen MR) is 85.7 cm³/mol. The fraction of sp³-hybridized carbons (Fsp3) is 0.533. The molecule has 0 spiro atoms. The summed E-state index contributed by atoms with van der Waals surface area (Å²) < 4.78 is 10.9. The minimum atomic E-state index is 0.397. The molecule has 1 saturated carbocycles. The lowest BCUT2D eigenvalue weighted by molar-refractivity contribution is 0.131. The summed E-state index contributed by atoms with van der Waals surface area (Å²) in [4.78, 5) is 2.50. The van der Waals surface area contributed by atoms with E-state index >= 15 is 0 Å². The Balaban J connectivity index is 1.97. The highest BCUT2D eigenvalue weighted by molar-refractivity contribution is 7.80. The Morgan fingerprint density at radius 1 is 1.45 bits per heavy atom. The van der Waals surface area contributed by atoms with Crippen molar-refractivity contribution in [2.24, 2.45) is 11.7 Å². The van der Waals surface area contributed by atoms with Crippen molar-refractivity contribution in [3.8, 4) is 5.75 Å². The molecule has 1 aromatic carbocycles. The molecule has 0 amide bonds. The summed E-state index contributed by atoms with van der Waals surface area (Å²) in [5.41, 5.74) is 7.62. The van der Waals surface area contributed by atoms with Crippen LogP contribution in [0.25, 0.3) is 0 Å². The van der Waals surface area contributed by atoms with Gasteiger partial charge in [0, 0.05) is 31.8 Å². The van der Waals surface area contributed by atoms with Crippen molar-refractivity contribution in [1.82, 2.24) is 0 Å². The molecule has 1 fully saturated rings. The van der Waals surface area contributed by atoms with Gasteiger partial charge in [-0.3, -0.25) is 0 Å². The molecule has 1 aliphatic carbocycles.